The molecule has 3 rings (SSSR count). The molecule has 0 aliphatic heterocycles. The zero-order valence-corrected chi connectivity index (χ0v) is 16.0. The minimum atomic E-state index is -0.357. The molecule has 3 aromatic rings. The minimum absolute atomic E-state index is 0.0802. The molecule has 1 amide bonds. The van der Waals surface area contributed by atoms with Gasteiger partial charge in [-0.15, -0.1) is 0 Å². The highest BCUT2D eigenvalue weighted by Gasteiger charge is 2.21. The number of halogens is 1. The zero-order valence-electron chi connectivity index (χ0n) is 15.2. The number of amides is 1. The van der Waals surface area contributed by atoms with Gasteiger partial charge in [-0.1, -0.05) is 38.4 Å². The van der Waals surface area contributed by atoms with Gasteiger partial charge in [0.15, 0.2) is 0 Å². The fourth-order valence-electron chi connectivity index (χ4n) is 2.48. The summed E-state index contributed by atoms with van der Waals surface area (Å²) < 4.78 is 1.71. The Kier molecular flexibility index (Phi) is 4.87. The Labute approximate surface area is 157 Å². The number of carbonyl (C=O) groups is 1. The normalized spacial score (nSPS) is 12.8. The molecule has 26 heavy (non-hydrogen) atoms. The van der Waals surface area contributed by atoms with E-state index in [1.165, 1.54) is 0 Å². The molecule has 2 heterocycles. The van der Waals surface area contributed by atoms with Crippen molar-refractivity contribution in [2.75, 3.05) is 5.32 Å². The number of anilines is 1. The highest BCUT2D eigenvalue weighted by Crippen LogP contribution is 2.23. The maximum atomic E-state index is 12.6. The molecular weight excluding hydrogens is 350 g/mol. The lowest BCUT2D eigenvalue weighted by molar-refractivity contribution is -0.117. The van der Waals surface area contributed by atoms with Crippen molar-refractivity contribution in [1.29, 1.82) is 0 Å². The molecule has 1 aromatic carbocycles. The number of carbonyl (C=O) groups excluding carboxylic acids is 1. The number of nitrogens with one attached hydrogen (secondary N) is 2. The predicted molar refractivity (Wildman–Crippen MR) is 103 cm³/mol. The van der Waals surface area contributed by atoms with Crippen molar-refractivity contribution in [2.45, 2.75) is 39.0 Å². The van der Waals surface area contributed by atoms with Crippen LogP contribution in [0.15, 0.2) is 42.7 Å². The number of nitrogens with zero attached hydrogens (tertiary/aromatic N) is 3. The fourth-order valence-corrected chi connectivity index (χ4v) is 2.67. The van der Waals surface area contributed by atoms with Crippen LogP contribution in [0.2, 0.25) is 5.02 Å². The maximum absolute atomic E-state index is 12.6. The number of aromatic nitrogens is 4. The van der Waals surface area contributed by atoms with Crippen molar-refractivity contribution >= 4 is 23.3 Å². The van der Waals surface area contributed by atoms with Crippen molar-refractivity contribution in [3.05, 3.63) is 59.0 Å². The van der Waals surface area contributed by atoms with Gasteiger partial charge in [0.2, 0.25) is 5.91 Å². The molecule has 0 radical (unpaired) electrons. The molecular formula is C19H22ClN5O. The van der Waals surface area contributed by atoms with Gasteiger partial charge in [0, 0.05) is 28.3 Å². The third-order valence-corrected chi connectivity index (χ3v) is 4.41. The Morgan fingerprint density at radius 1 is 1.31 bits per heavy atom. The number of aromatic amines is 1. The highest BCUT2D eigenvalue weighted by atomic mass is 35.5. The van der Waals surface area contributed by atoms with E-state index in [1.807, 2.05) is 43.5 Å². The molecule has 0 saturated heterocycles. The van der Waals surface area contributed by atoms with Crippen molar-refractivity contribution in [1.82, 2.24) is 20.0 Å². The molecule has 0 saturated carbocycles. The topological polar surface area (TPSA) is 75.6 Å². The van der Waals surface area contributed by atoms with Gasteiger partial charge >= 0.3 is 0 Å². The minimum Gasteiger partial charge on any atom is -0.311 e. The number of benzene rings is 1. The van der Waals surface area contributed by atoms with Crippen LogP contribution in [0, 0.1) is 0 Å². The van der Waals surface area contributed by atoms with E-state index < -0.39 is 0 Å². The first-order valence-electron chi connectivity index (χ1n) is 8.41. The first-order valence-corrected chi connectivity index (χ1v) is 8.79. The van der Waals surface area contributed by atoms with E-state index in [2.05, 4.69) is 41.4 Å². The Bertz CT molecular complexity index is 922. The van der Waals surface area contributed by atoms with Gasteiger partial charge in [-0.3, -0.25) is 9.89 Å². The number of hydrogen-bond donors (Lipinski definition) is 2. The second-order valence-electron chi connectivity index (χ2n) is 7.33. The van der Waals surface area contributed by atoms with Crippen LogP contribution in [0.3, 0.4) is 0 Å². The lowest BCUT2D eigenvalue weighted by Gasteiger charge is -2.13. The maximum Gasteiger partial charge on any atom is 0.232 e. The summed E-state index contributed by atoms with van der Waals surface area (Å²) in [5.74, 6) is 0.109. The van der Waals surface area contributed by atoms with Crippen molar-refractivity contribution < 1.29 is 4.79 Å². The fraction of sp³-hybridized carbons (Fsp3) is 0.316. The van der Waals surface area contributed by atoms with Crippen LogP contribution in [-0.2, 0) is 10.2 Å². The largest absolute Gasteiger partial charge is 0.311 e. The molecule has 0 aliphatic carbocycles. The monoisotopic (exact) mass is 371 g/mol. The van der Waals surface area contributed by atoms with E-state index in [-0.39, 0.29) is 17.2 Å². The molecule has 0 fully saturated rings. The van der Waals surface area contributed by atoms with E-state index in [4.69, 9.17) is 11.6 Å². The predicted octanol–water partition coefficient (Wildman–Crippen LogP) is 4.29. The van der Waals surface area contributed by atoms with Crippen LogP contribution in [0.25, 0.3) is 5.69 Å². The molecule has 2 aromatic heterocycles. The summed E-state index contributed by atoms with van der Waals surface area (Å²) in [6.45, 7) is 8.06. The van der Waals surface area contributed by atoms with Gasteiger partial charge in [0.25, 0.3) is 0 Å². The highest BCUT2D eigenvalue weighted by molar-refractivity contribution is 6.30. The van der Waals surface area contributed by atoms with Gasteiger partial charge in [-0.2, -0.15) is 10.2 Å². The van der Waals surface area contributed by atoms with Crippen LogP contribution in [0.4, 0.5) is 5.82 Å². The second kappa shape index (κ2) is 6.96. The summed E-state index contributed by atoms with van der Waals surface area (Å²) in [6, 6.07) is 9.26. The lowest BCUT2D eigenvalue weighted by atomic mass is 9.92. The van der Waals surface area contributed by atoms with Gasteiger partial charge in [0.05, 0.1) is 23.5 Å². The summed E-state index contributed by atoms with van der Waals surface area (Å²) in [6.07, 6.45) is 3.53. The van der Waals surface area contributed by atoms with E-state index >= 15 is 0 Å². The van der Waals surface area contributed by atoms with Gasteiger partial charge in [-0.05, 0) is 25.1 Å². The van der Waals surface area contributed by atoms with Crippen LogP contribution < -0.4 is 5.32 Å². The van der Waals surface area contributed by atoms with Crippen molar-refractivity contribution in [2.24, 2.45) is 0 Å². The average Bonchev–Trinajstić information content (AvgIpc) is 3.23. The standard InChI is InChI=1S/C19H22ClN5O/c1-12(18(26)22-17-9-16(23-24-17)19(2,3)4)13-10-21-25(11-13)15-7-5-6-14(20)8-15/h5-12H,1-4H3,(H2,22,23,24,26). The van der Waals surface area contributed by atoms with E-state index in [1.54, 1.807) is 10.9 Å². The lowest BCUT2D eigenvalue weighted by Crippen LogP contribution is -2.18. The molecule has 1 unspecified atom stereocenters. The zero-order chi connectivity index (χ0) is 18.9. The Morgan fingerprint density at radius 2 is 2.08 bits per heavy atom. The third-order valence-electron chi connectivity index (χ3n) is 4.17. The molecule has 1 atom stereocenters. The van der Waals surface area contributed by atoms with Crippen LogP contribution >= 0.6 is 11.6 Å². The summed E-state index contributed by atoms with van der Waals surface area (Å²) in [5.41, 5.74) is 2.48. The van der Waals surface area contributed by atoms with E-state index in [9.17, 15) is 4.79 Å². The summed E-state index contributed by atoms with van der Waals surface area (Å²) in [5, 5.41) is 15.0. The molecule has 0 spiro atoms. The van der Waals surface area contributed by atoms with Crippen LogP contribution in [-0.4, -0.2) is 25.9 Å². The second-order valence-corrected chi connectivity index (χ2v) is 7.76. The molecule has 136 valence electrons. The first-order chi connectivity index (χ1) is 12.2. The van der Waals surface area contributed by atoms with Gasteiger partial charge < -0.3 is 5.32 Å². The molecule has 6 nitrogen and oxygen atoms in total. The molecule has 7 heteroatoms. The van der Waals surface area contributed by atoms with Gasteiger partial charge in [-0.25, -0.2) is 4.68 Å². The van der Waals surface area contributed by atoms with Crippen LogP contribution in [0.5, 0.6) is 0 Å². The van der Waals surface area contributed by atoms with Crippen molar-refractivity contribution in [3.8, 4) is 5.69 Å². The Balaban J connectivity index is 1.72. The Morgan fingerprint density at radius 3 is 2.73 bits per heavy atom. The number of rotatable bonds is 4. The third kappa shape index (κ3) is 3.96. The summed E-state index contributed by atoms with van der Waals surface area (Å²) in [7, 11) is 0. The SMILES string of the molecule is CC(C(=O)Nc1cc(C(C)(C)C)n[nH]1)c1cnn(-c2cccc(Cl)c2)c1. The smallest absolute Gasteiger partial charge is 0.232 e. The molecule has 2 N–H and O–H groups in total. The Hall–Kier alpha value is -2.60. The summed E-state index contributed by atoms with van der Waals surface area (Å²) in [4.78, 5) is 12.6. The van der Waals surface area contributed by atoms with Crippen LogP contribution in [0.1, 0.15) is 44.9 Å². The van der Waals surface area contributed by atoms with Crippen molar-refractivity contribution in [3.63, 3.8) is 0 Å². The molecule has 0 aliphatic rings. The number of H-pyrrole nitrogens is 1. The van der Waals surface area contributed by atoms with E-state index in [0.29, 0.717) is 10.8 Å². The molecule has 0 bridgehead atoms. The summed E-state index contributed by atoms with van der Waals surface area (Å²) >= 11 is 6.02. The average molecular weight is 372 g/mol. The quantitative estimate of drug-likeness (QED) is 0.718. The van der Waals surface area contributed by atoms with E-state index in [0.717, 1.165) is 16.9 Å². The van der Waals surface area contributed by atoms with Gasteiger partial charge in [0.1, 0.15) is 5.82 Å². The first kappa shape index (κ1) is 18.2. The number of hydrogen-bond acceptors (Lipinski definition) is 3.